The van der Waals surface area contributed by atoms with Crippen LogP contribution in [0.3, 0.4) is 0 Å². The topological polar surface area (TPSA) is 20.2 Å². The monoisotopic (exact) mass is 198 g/mol. The highest BCUT2D eigenvalue weighted by Crippen LogP contribution is 2.35. The summed E-state index contributed by atoms with van der Waals surface area (Å²) in [5.41, 5.74) is 0.868. The molecule has 1 aliphatic rings. The molecule has 76 valence electrons. The summed E-state index contributed by atoms with van der Waals surface area (Å²) in [4.78, 5) is 0. The molecule has 0 spiro atoms. The van der Waals surface area contributed by atoms with Gasteiger partial charge in [0, 0.05) is 0 Å². The van der Waals surface area contributed by atoms with Gasteiger partial charge in [0.15, 0.2) is 0 Å². The Kier molecular flexibility index (Phi) is 2.57. The Labute approximate surface area is 90.1 Å². The third-order valence-electron chi connectivity index (χ3n) is 2.61. The van der Waals surface area contributed by atoms with Crippen molar-refractivity contribution in [1.82, 2.24) is 0 Å². The summed E-state index contributed by atoms with van der Waals surface area (Å²) < 4.78 is 0. The van der Waals surface area contributed by atoms with Gasteiger partial charge in [-0.05, 0) is 24.1 Å². The molecule has 1 aromatic rings. The van der Waals surface area contributed by atoms with Crippen LogP contribution in [0.15, 0.2) is 66.3 Å². The van der Waals surface area contributed by atoms with Gasteiger partial charge in [0.2, 0.25) is 0 Å². The van der Waals surface area contributed by atoms with Crippen LogP contribution in [0.2, 0.25) is 0 Å². The average Bonchev–Trinajstić information content (AvgIpc) is 2.64. The Hall–Kier alpha value is -1.60. The van der Waals surface area contributed by atoms with Crippen molar-refractivity contribution in [2.24, 2.45) is 0 Å². The third kappa shape index (κ3) is 1.66. The Morgan fingerprint density at radius 2 is 1.93 bits per heavy atom. The molecule has 0 aliphatic heterocycles. The number of rotatable bonds is 2. The molecule has 1 nitrogen and oxygen atoms in total. The summed E-state index contributed by atoms with van der Waals surface area (Å²) >= 11 is 0. The zero-order valence-electron chi connectivity index (χ0n) is 8.72. The third-order valence-corrected chi connectivity index (χ3v) is 2.61. The first-order chi connectivity index (χ1) is 7.27. The molecule has 0 amide bonds. The molecule has 1 N–H and O–H groups in total. The molecule has 1 atom stereocenters. The predicted octanol–water partition coefficient (Wildman–Crippen LogP) is 2.95. The van der Waals surface area contributed by atoms with Crippen LogP contribution in [0, 0.1) is 0 Å². The first kappa shape index (κ1) is 9.94. The SMILES string of the molecule is CC=CC1=CC=CC1(O)c1ccccc1. The molecule has 1 aliphatic carbocycles. The Morgan fingerprint density at radius 1 is 1.20 bits per heavy atom. The van der Waals surface area contributed by atoms with E-state index in [0.717, 1.165) is 11.1 Å². The van der Waals surface area contributed by atoms with E-state index in [1.54, 1.807) is 0 Å². The standard InChI is InChI=1S/C14H14O/c1-2-7-12-10-6-11-14(12,15)13-8-4-3-5-9-13/h2-11,15H,1H3. The lowest BCUT2D eigenvalue weighted by Crippen LogP contribution is -2.22. The lowest BCUT2D eigenvalue weighted by molar-refractivity contribution is 0.136. The van der Waals surface area contributed by atoms with Crippen molar-refractivity contribution in [3.63, 3.8) is 0 Å². The van der Waals surface area contributed by atoms with Crippen LogP contribution < -0.4 is 0 Å². The van der Waals surface area contributed by atoms with E-state index >= 15 is 0 Å². The van der Waals surface area contributed by atoms with Gasteiger partial charge in [0.05, 0.1) is 0 Å². The van der Waals surface area contributed by atoms with Crippen LogP contribution in [-0.4, -0.2) is 5.11 Å². The lowest BCUT2D eigenvalue weighted by atomic mass is 9.88. The van der Waals surface area contributed by atoms with Crippen LogP contribution >= 0.6 is 0 Å². The summed E-state index contributed by atoms with van der Waals surface area (Å²) in [5, 5.41) is 10.5. The minimum Gasteiger partial charge on any atom is -0.377 e. The van der Waals surface area contributed by atoms with Crippen molar-refractivity contribution in [1.29, 1.82) is 0 Å². The van der Waals surface area contributed by atoms with Crippen LogP contribution in [0.4, 0.5) is 0 Å². The molecule has 0 fully saturated rings. The van der Waals surface area contributed by atoms with Crippen molar-refractivity contribution in [2.75, 3.05) is 0 Å². The zero-order valence-corrected chi connectivity index (χ0v) is 8.72. The van der Waals surface area contributed by atoms with Crippen molar-refractivity contribution in [3.05, 3.63) is 71.8 Å². The number of hydrogen-bond donors (Lipinski definition) is 1. The van der Waals surface area contributed by atoms with E-state index in [4.69, 9.17) is 0 Å². The Balaban J connectivity index is 2.43. The maximum Gasteiger partial charge on any atom is 0.133 e. The van der Waals surface area contributed by atoms with Crippen molar-refractivity contribution >= 4 is 0 Å². The molecule has 0 bridgehead atoms. The van der Waals surface area contributed by atoms with Gasteiger partial charge in [-0.2, -0.15) is 0 Å². The highest BCUT2D eigenvalue weighted by molar-refractivity contribution is 5.49. The van der Waals surface area contributed by atoms with Crippen LogP contribution in [0.25, 0.3) is 0 Å². The van der Waals surface area contributed by atoms with Gasteiger partial charge in [-0.25, -0.2) is 0 Å². The first-order valence-corrected chi connectivity index (χ1v) is 5.08. The lowest BCUT2D eigenvalue weighted by Gasteiger charge is -2.23. The van der Waals surface area contributed by atoms with E-state index in [2.05, 4.69) is 0 Å². The van der Waals surface area contributed by atoms with E-state index in [-0.39, 0.29) is 0 Å². The van der Waals surface area contributed by atoms with Gasteiger partial charge in [-0.1, -0.05) is 54.6 Å². The van der Waals surface area contributed by atoms with Crippen LogP contribution in [0.5, 0.6) is 0 Å². The fourth-order valence-electron chi connectivity index (χ4n) is 1.83. The predicted molar refractivity (Wildman–Crippen MR) is 62.4 cm³/mol. The molecule has 0 aromatic heterocycles. The normalized spacial score (nSPS) is 24.8. The second-order valence-electron chi connectivity index (χ2n) is 3.61. The largest absolute Gasteiger partial charge is 0.377 e. The molecule has 1 heteroatoms. The summed E-state index contributed by atoms with van der Waals surface area (Å²) in [6, 6.07) is 9.70. The summed E-state index contributed by atoms with van der Waals surface area (Å²) in [6.45, 7) is 1.95. The first-order valence-electron chi connectivity index (χ1n) is 5.08. The van der Waals surface area contributed by atoms with Gasteiger partial charge < -0.3 is 5.11 Å². The van der Waals surface area contributed by atoms with Gasteiger partial charge in [-0.15, -0.1) is 0 Å². The van der Waals surface area contributed by atoms with Gasteiger partial charge >= 0.3 is 0 Å². The molecule has 2 rings (SSSR count). The van der Waals surface area contributed by atoms with Crippen LogP contribution in [-0.2, 0) is 5.60 Å². The number of allylic oxidation sites excluding steroid dienone is 3. The molecule has 0 saturated carbocycles. The Bertz CT molecular complexity index is 426. The molecule has 1 aromatic carbocycles. The zero-order chi connectivity index (χ0) is 10.7. The molecule has 0 radical (unpaired) electrons. The molecule has 0 heterocycles. The summed E-state index contributed by atoms with van der Waals surface area (Å²) in [7, 11) is 0. The van der Waals surface area contributed by atoms with E-state index < -0.39 is 5.60 Å². The van der Waals surface area contributed by atoms with Gasteiger partial charge in [0.1, 0.15) is 5.60 Å². The highest BCUT2D eigenvalue weighted by Gasteiger charge is 2.31. The molecule has 15 heavy (non-hydrogen) atoms. The minimum absolute atomic E-state index is 0.906. The highest BCUT2D eigenvalue weighted by atomic mass is 16.3. The fraction of sp³-hybridized carbons (Fsp3) is 0.143. The second-order valence-corrected chi connectivity index (χ2v) is 3.61. The maximum atomic E-state index is 10.5. The minimum atomic E-state index is -0.951. The van der Waals surface area contributed by atoms with Crippen molar-refractivity contribution < 1.29 is 5.11 Å². The van der Waals surface area contributed by atoms with Gasteiger partial charge in [0.25, 0.3) is 0 Å². The van der Waals surface area contributed by atoms with Gasteiger partial charge in [-0.3, -0.25) is 0 Å². The van der Waals surface area contributed by atoms with E-state index in [1.807, 2.05) is 67.6 Å². The van der Waals surface area contributed by atoms with Crippen LogP contribution in [0.1, 0.15) is 12.5 Å². The van der Waals surface area contributed by atoms with E-state index in [1.165, 1.54) is 0 Å². The average molecular weight is 198 g/mol. The molecular weight excluding hydrogens is 184 g/mol. The van der Waals surface area contributed by atoms with E-state index in [9.17, 15) is 5.11 Å². The van der Waals surface area contributed by atoms with Crippen molar-refractivity contribution in [2.45, 2.75) is 12.5 Å². The molecule has 1 unspecified atom stereocenters. The maximum absolute atomic E-state index is 10.5. The fourth-order valence-corrected chi connectivity index (χ4v) is 1.83. The second kappa shape index (κ2) is 3.87. The Morgan fingerprint density at radius 3 is 2.60 bits per heavy atom. The quantitative estimate of drug-likeness (QED) is 0.774. The molecule has 0 saturated heterocycles. The number of hydrogen-bond acceptors (Lipinski definition) is 1. The summed E-state index contributed by atoms with van der Waals surface area (Å²) in [6.07, 6.45) is 9.52. The van der Waals surface area contributed by atoms with E-state index in [0.29, 0.717) is 0 Å². The van der Waals surface area contributed by atoms with Crippen molar-refractivity contribution in [3.8, 4) is 0 Å². The smallest absolute Gasteiger partial charge is 0.133 e. The molecular formula is C14H14O. The number of benzene rings is 1. The number of aliphatic hydroxyl groups is 1. The summed E-state index contributed by atoms with van der Waals surface area (Å²) in [5.74, 6) is 0.